The molecule has 3 aromatic rings. The second-order valence-corrected chi connectivity index (χ2v) is 13.5. The first-order valence-corrected chi connectivity index (χ1v) is 14.6. The minimum Gasteiger partial charge on any atom is -0.458 e. The first-order chi connectivity index (χ1) is 18.7. The lowest BCUT2D eigenvalue weighted by Gasteiger charge is -2.31. The van der Waals surface area contributed by atoms with Gasteiger partial charge >= 0.3 is 17.8 Å². The molecule has 10 nitrogen and oxygen atoms in total. The van der Waals surface area contributed by atoms with Gasteiger partial charge in [0, 0.05) is 13.1 Å². The van der Waals surface area contributed by atoms with Crippen LogP contribution in [-0.2, 0) is 31.1 Å². The van der Waals surface area contributed by atoms with Crippen molar-refractivity contribution in [2.24, 2.45) is 0 Å². The number of fused-ring (bicyclic) bond motifs is 1. The smallest absolute Gasteiger partial charge is 0.410 e. The lowest BCUT2D eigenvalue weighted by Crippen LogP contribution is -2.54. The zero-order valence-corrected chi connectivity index (χ0v) is 25.9. The SMILES string of the molecule is Cc1c(Br)sc2c1c(=O)n(C(C)(C)C(=O)OC(C)(C)C)c(=O)n2C[C@H](OC(=O)N1CCOCC1)c1ccccc1. The summed E-state index contributed by atoms with van der Waals surface area (Å²) in [6, 6.07) is 9.12. The first kappa shape index (κ1) is 30.0. The van der Waals surface area contributed by atoms with E-state index in [1.165, 1.54) is 29.8 Å². The van der Waals surface area contributed by atoms with Crippen LogP contribution in [0.5, 0.6) is 0 Å². The Morgan fingerprint density at radius 1 is 1.07 bits per heavy atom. The minimum atomic E-state index is -1.62. The molecule has 4 rings (SSSR count). The molecule has 12 heteroatoms. The van der Waals surface area contributed by atoms with Crippen molar-refractivity contribution in [1.29, 1.82) is 0 Å². The normalized spacial score (nSPS) is 15.2. The Bertz CT molecular complexity index is 1530. The molecular formula is C28H34BrN3O7S. The van der Waals surface area contributed by atoms with Crippen LogP contribution in [0, 0.1) is 6.92 Å². The maximum Gasteiger partial charge on any atom is 0.410 e. The van der Waals surface area contributed by atoms with E-state index in [4.69, 9.17) is 14.2 Å². The lowest BCUT2D eigenvalue weighted by molar-refractivity contribution is -0.164. The summed E-state index contributed by atoms with van der Waals surface area (Å²) in [4.78, 5) is 56.3. The summed E-state index contributed by atoms with van der Waals surface area (Å²) in [5, 5.41) is 0.305. The quantitative estimate of drug-likeness (QED) is 0.365. The summed E-state index contributed by atoms with van der Waals surface area (Å²) in [6.07, 6.45) is -1.37. The third-order valence-electron chi connectivity index (χ3n) is 6.64. The van der Waals surface area contributed by atoms with Crippen molar-refractivity contribution in [3.8, 4) is 0 Å². The van der Waals surface area contributed by atoms with Crippen molar-refractivity contribution >= 4 is 49.5 Å². The zero-order valence-electron chi connectivity index (χ0n) is 23.5. The maximum absolute atomic E-state index is 14.1. The second-order valence-electron chi connectivity index (χ2n) is 11.2. The zero-order chi connectivity index (χ0) is 29.4. The molecule has 1 aliphatic heterocycles. The molecule has 1 saturated heterocycles. The molecule has 1 aromatic carbocycles. The van der Waals surface area contributed by atoms with Gasteiger partial charge in [0.15, 0.2) is 0 Å². The number of amides is 1. The number of thiophene rings is 1. The van der Waals surface area contributed by atoms with E-state index in [2.05, 4.69) is 15.9 Å². The average molecular weight is 637 g/mol. The highest BCUT2D eigenvalue weighted by Crippen LogP contribution is 2.34. The van der Waals surface area contributed by atoms with Crippen molar-refractivity contribution in [2.45, 2.75) is 65.3 Å². The number of carbonyl (C=O) groups is 2. The molecule has 0 N–H and O–H groups in total. The van der Waals surface area contributed by atoms with Gasteiger partial charge in [-0.05, 0) is 68.6 Å². The third-order valence-corrected chi connectivity index (χ3v) is 8.83. The van der Waals surface area contributed by atoms with E-state index in [0.29, 0.717) is 51.4 Å². The van der Waals surface area contributed by atoms with Crippen LogP contribution in [0.3, 0.4) is 0 Å². The van der Waals surface area contributed by atoms with E-state index in [0.717, 1.165) is 4.57 Å². The van der Waals surface area contributed by atoms with Gasteiger partial charge in [0.2, 0.25) is 0 Å². The Balaban J connectivity index is 1.87. The fourth-order valence-electron chi connectivity index (χ4n) is 4.45. The number of esters is 1. The van der Waals surface area contributed by atoms with Crippen molar-refractivity contribution in [1.82, 2.24) is 14.0 Å². The van der Waals surface area contributed by atoms with Crippen LogP contribution < -0.4 is 11.2 Å². The van der Waals surface area contributed by atoms with Gasteiger partial charge in [-0.3, -0.25) is 9.36 Å². The van der Waals surface area contributed by atoms with Gasteiger partial charge in [0.25, 0.3) is 5.56 Å². The van der Waals surface area contributed by atoms with E-state index >= 15 is 0 Å². The molecule has 1 fully saturated rings. The van der Waals surface area contributed by atoms with Gasteiger partial charge in [-0.15, -0.1) is 11.3 Å². The fraction of sp³-hybridized carbons (Fsp3) is 0.500. The summed E-state index contributed by atoms with van der Waals surface area (Å²) >= 11 is 4.75. The highest BCUT2D eigenvalue weighted by molar-refractivity contribution is 9.11. The van der Waals surface area contributed by atoms with Crippen LogP contribution in [-0.4, -0.2) is 58.0 Å². The van der Waals surface area contributed by atoms with Crippen molar-refractivity contribution in [3.63, 3.8) is 0 Å². The number of halogens is 1. The summed E-state index contributed by atoms with van der Waals surface area (Å²) < 4.78 is 20.0. The summed E-state index contributed by atoms with van der Waals surface area (Å²) in [6.45, 7) is 11.5. The molecule has 1 aliphatic rings. The number of hydrogen-bond donors (Lipinski definition) is 0. The molecule has 1 atom stereocenters. The Hall–Kier alpha value is -2.96. The van der Waals surface area contributed by atoms with Crippen molar-refractivity contribution in [2.75, 3.05) is 26.3 Å². The van der Waals surface area contributed by atoms with Crippen LogP contribution in [0.2, 0.25) is 0 Å². The van der Waals surface area contributed by atoms with Crippen LogP contribution in [0.1, 0.15) is 51.8 Å². The topological polar surface area (TPSA) is 109 Å². The number of benzene rings is 1. The number of morpholine rings is 1. The molecular weight excluding hydrogens is 602 g/mol. The predicted octanol–water partition coefficient (Wildman–Crippen LogP) is 4.58. The Labute approximate surface area is 244 Å². The van der Waals surface area contributed by atoms with Gasteiger partial charge in [0.1, 0.15) is 22.1 Å². The van der Waals surface area contributed by atoms with E-state index in [9.17, 15) is 19.2 Å². The van der Waals surface area contributed by atoms with E-state index in [1.807, 2.05) is 30.3 Å². The van der Waals surface area contributed by atoms with Gasteiger partial charge in [-0.25, -0.2) is 19.0 Å². The average Bonchev–Trinajstić information content (AvgIpc) is 3.19. The number of hydrogen-bond acceptors (Lipinski definition) is 8. The van der Waals surface area contributed by atoms with Crippen LogP contribution in [0.15, 0.2) is 43.7 Å². The molecule has 0 aliphatic carbocycles. The summed E-state index contributed by atoms with van der Waals surface area (Å²) in [5.74, 6) is -0.713. The molecule has 0 saturated carbocycles. The van der Waals surface area contributed by atoms with Gasteiger partial charge < -0.3 is 19.1 Å². The number of rotatable bonds is 6. The number of ether oxygens (including phenoxy) is 3. The number of aromatic nitrogens is 2. The lowest BCUT2D eigenvalue weighted by atomic mass is 10.0. The molecule has 0 radical (unpaired) electrons. The standard InChI is InChI=1S/C28H34BrN3O7S/c1-17-20-22(33)32(28(5,6)24(34)39-27(2,3)4)25(35)31(23(20)40-21(17)29)16-19(18-10-8-7-9-11-18)38-26(36)30-12-14-37-15-13-30/h7-11,19H,12-16H2,1-6H3/t19-/m0/s1. The highest BCUT2D eigenvalue weighted by atomic mass is 79.9. The van der Waals surface area contributed by atoms with Gasteiger partial charge in [-0.2, -0.15) is 0 Å². The van der Waals surface area contributed by atoms with E-state index in [1.54, 1.807) is 32.6 Å². The van der Waals surface area contributed by atoms with Crippen LogP contribution >= 0.6 is 27.3 Å². The Morgan fingerprint density at radius 2 is 1.70 bits per heavy atom. The number of aryl methyl sites for hydroxylation is 1. The number of carbonyl (C=O) groups excluding carboxylic acids is 2. The van der Waals surface area contributed by atoms with E-state index in [-0.39, 0.29) is 6.54 Å². The first-order valence-electron chi connectivity index (χ1n) is 13.0. The fourth-order valence-corrected chi connectivity index (χ4v) is 6.14. The largest absolute Gasteiger partial charge is 0.458 e. The Kier molecular flexibility index (Phi) is 8.63. The van der Waals surface area contributed by atoms with E-state index < -0.39 is 40.6 Å². The molecule has 1 amide bonds. The van der Waals surface area contributed by atoms with Crippen molar-refractivity contribution in [3.05, 3.63) is 66.1 Å². The summed E-state index contributed by atoms with van der Waals surface area (Å²) in [7, 11) is 0. The second kappa shape index (κ2) is 11.5. The maximum atomic E-state index is 14.1. The molecule has 2 aromatic heterocycles. The monoisotopic (exact) mass is 635 g/mol. The molecule has 3 heterocycles. The van der Waals surface area contributed by atoms with Crippen LogP contribution in [0.4, 0.5) is 4.79 Å². The van der Waals surface area contributed by atoms with Gasteiger partial charge in [0.05, 0.1) is 28.9 Å². The van der Waals surface area contributed by atoms with Crippen molar-refractivity contribution < 1.29 is 23.8 Å². The van der Waals surface area contributed by atoms with Gasteiger partial charge in [-0.1, -0.05) is 30.3 Å². The summed E-state index contributed by atoms with van der Waals surface area (Å²) in [5.41, 5.74) is -2.41. The third kappa shape index (κ3) is 6.03. The molecule has 0 unspecified atom stereocenters. The molecule has 0 bridgehead atoms. The van der Waals surface area contributed by atoms with Crippen LogP contribution in [0.25, 0.3) is 10.2 Å². The minimum absolute atomic E-state index is 0.0769. The Morgan fingerprint density at radius 3 is 2.30 bits per heavy atom. The molecule has 40 heavy (non-hydrogen) atoms. The highest BCUT2D eigenvalue weighted by Gasteiger charge is 2.39. The number of nitrogens with zero attached hydrogens (tertiary/aromatic N) is 3. The molecule has 216 valence electrons. The predicted molar refractivity (Wildman–Crippen MR) is 156 cm³/mol. The molecule has 0 spiro atoms.